The zero-order valence-electron chi connectivity index (χ0n) is 11.4. The van der Waals surface area contributed by atoms with Crippen molar-refractivity contribution in [1.82, 2.24) is 5.32 Å². The molecule has 0 bridgehead atoms. The van der Waals surface area contributed by atoms with Gasteiger partial charge in [0.1, 0.15) is 5.82 Å². The third-order valence-electron chi connectivity index (χ3n) is 3.03. The van der Waals surface area contributed by atoms with Gasteiger partial charge in [-0.3, -0.25) is 14.9 Å². The quantitative estimate of drug-likeness (QED) is 0.674. The van der Waals surface area contributed by atoms with Crippen LogP contribution in [0.15, 0.2) is 12.1 Å². The molecule has 0 saturated heterocycles. The third-order valence-corrected chi connectivity index (χ3v) is 3.03. The second-order valence-electron chi connectivity index (χ2n) is 5.07. The van der Waals surface area contributed by atoms with Gasteiger partial charge in [0.25, 0.3) is 11.6 Å². The van der Waals surface area contributed by atoms with Gasteiger partial charge >= 0.3 is 0 Å². The molecule has 1 amide bonds. The number of carbonyl (C=O) groups is 1. The SMILES string of the molecule is CCC(C)(C)NC(=O)c1cc([N+](=O)[O-])cc(C)c1F. The number of nitro benzene ring substituents is 1. The summed E-state index contributed by atoms with van der Waals surface area (Å²) in [5, 5.41) is 13.4. The monoisotopic (exact) mass is 268 g/mol. The van der Waals surface area contributed by atoms with Crippen LogP contribution in [0, 0.1) is 22.9 Å². The zero-order chi connectivity index (χ0) is 14.8. The summed E-state index contributed by atoms with van der Waals surface area (Å²) in [6.07, 6.45) is 0.661. The molecular formula is C13H17FN2O3. The van der Waals surface area contributed by atoms with Gasteiger partial charge in [-0.05, 0) is 32.8 Å². The number of nitrogens with one attached hydrogen (secondary N) is 1. The van der Waals surface area contributed by atoms with Gasteiger partial charge < -0.3 is 5.32 Å². The molecule has 0 unspecified atom stereocenters. The fourth-order valence-electron chi connectivity index (χ4n) is 1.48. The minimum atomic E-state index is -0.727. The summed E-state index contributed by atoms with van der Waals surface area (Å²) in [5.74, 6) is -1.37. The normalized spacial score (nSPS) is 11.2. The molecule has 0 saturated carbocycles. The molecule has 0 spiro atoms. The number of carbonyl (C=O) groups excluding carboxylic acids is 1. The van der Waals surface area contributed by atoms with Gasteiger partial charge in [0.05, 0.1) is 10.5 Å². The highest BCUT2D eigenvalue weighted by Gasteiger charge is 2.24. The summed E-state index contributed by atoms with van der Waals surface area (Å²) in [6.45, 7) is 6.87. The van der Waals surface area contributed by atoms with Crippen LogP contribution in [0.4, 0.5) is 10.1 Å². The van der Waals surface area contributed by atoms with Gasteiger partial charge in [-0.25, -0.2) is 4.39 Å². The number of amides is 1. The van der Waals surface area contributed by atoms with Crippen molar-refractivity contribution in [2.45, 2.75) is 39.7 Å². The standard InChI is InChI=1S/C13H17FN2O3/c1-5-13(3,4)15-12(17)10-7-9(16(18)19)6-8(2)11(10)14/h6-7H,5H2,1-4H3,(H,15,17). The Morgan fingerprint density at radius 1 is 1.47 bits per heavy atom. The molecule has 6 heteroatoms. The fourth-order valence-corrected chi connectivity index (χ4v) is 1.48. The van der Waals surface area contributed by atoms with Crippen molar-refractivity contribution in [3.8, 4) is 0 Å². The van der Waals surface area contributed by atoms with Crippen molar-refractivity contribution in [1.29, 1.82) is 0 Å². The Labute approximate surface area is 111 Å². The number of halogens is 1. The Kier molecular flexibility index (Phi) is 4.24. The molecule has 0 aliphatic carbocycles. The molecule has 104 valence electrons. The Bertz CT molecular complexity index is 527. The highest BCUT2D eigenvalue weighted by atomic mass is 19.1. The van der Waals surface area contributed by atoms with Crippen molar-refractivity contribution in [2.75, 3.05) is 0 Å². The van der Waals surface area contributed by atoms with E-state index in [1.54, 1.807) is 13.8 Å². The van der Waals surface area contributed by atoms with Crippen molar-refractivity contribution in [3.63, 3.8) is 0 Å². The predicted molar refractivity (Wildman–Crippen MR) is 69.6 cm³/mol. The molecule has 0 heterocycles. The maximum Gasteiger partial charge on any atom is 0.270 e. The molecule has 1 rings (SSSR count). The topological polar surface area (TPSA) is 72.2 Å². The maximum absolute atomic E-state index is 13.9. The van der Waals surface area contributed by atoms with E-state index in [0.29, 0.717) is 6.42 Å². The van der Waals surface area contributed by atoms with E-state index in [4.69, 9.17) is 0 Å². The molecule has 0 radical (unpaired) electrons. The molecule has 0 atom stereocenters. The minimum absolute atomic E-state index is 0.0775. The van der Waals surface area contributed by atoms with E-state index in [1.807, 2.05) is 6.92 Å². The summed E-state index contributed by atoms with van der Waals surface area (Å²) in [6, 6.07) is 2.07. The Morgan fingerprint density at radius 3 is 2.53 bits per heavy atom. The van der Waals surface area contributed by atoms with Crippen LogP contribution in [0.25, 0.3) is 0 Å². The lowest BCUT2D eigenvalue weighted by Crippen LogP contribution is -2.43. The molecule has 0 aromatic heterocycles. The second-order valence-corrected chi connectivity index (χ2v) is 5.07. The zero-order valence-corrected chi connectivity index (χ0v) is 11.4. The number of aryl methyl sites for hydroxylation is 1. The van der Waals surface area contributed by atoms with Gasteiger partial charge in [0.15, 0.2) is 0 Å². The summed E-state index contributed by atoms with van der Waals surface area (Å²) < 4.78 is 13.9. The highest BCUT2D eigenvalue weighted by molar-refractivity contribution is 5.95. The van der Waals surface area contributed by atoms with E-state index >= 15 is 0 Å². The average molecular weight is 268 g/mol. The lowest BCUT2D eigenvalue weighted by atomic mass is 10.0. The van der Waals surface area contributed by atoms with Crippen molar-refractivity contribution in [2.24, 2.45) is 0 Å². The summed E-state index contributed by atoms with van der Waals surface area (Å²) >= 11 is 0. The van der Waals surface area contributed by atoms with Crippen LogP contribution in [0.5, 0.6) is 0 Å². The van der Waals surface area contributed by atoms with Crippen LogP contribution >= 0.6 is 0 Å². The van der Waals surface area contributed by atoms with Gasteiger partial charge in [-0.15, -0.1) is 0 Å². The minimum Gasteiger partial charge on any atom is -0.347 e. The van der Waals surface area contributed by atoms with Crippen LogP contribution < -0.4 is 5.32 Å². The summed E-state index contributed by atoms with van der Waals surface area (Å²) in [5.41, 5.74) is -1.01. The lowest BCUT2D eigenvalue weighted by molar-refractivity contribution is -0.385. The molecule has 0 fully saturated rings. The van der Waals surface area contributed by atoms with E-state index in [9.17, 15) is 19.3 Å². The van der Waals surface area contributed by atoms with E-state index in [1.165, 1.54) is 6.92 Å². The first-order chi connectivity index (χ1) is 8.68. The van der Waals surface area contributed by atoms with Crippen LogP contribution in [-0.2, 0) is 0 Å². The molecule has 1 aromatic carbocycles. The van der Waals surface area contributed by atoms with Gasteiger partial charge in [0, 0.05) is 17.7 Å². The van der Waals surface area contributed by atoms with Crippen LogP contribution in [0.3, 0.4) is 0 Å². The van der Waals surface area contributed by atoms with Crippen LogP contribution in [0.1, 0.15) is 43.1 Å². The fraction of sp³-hybridized carbons (Fsp3) is 0.462. The molecule has 0 aliphatic rings. The molecule has 1 aromatic rings. The Balaban J connectivity index is 3.19. The van der Waals surface area contributed by atoms with Gasteiger partial charge in [-0.1, -0.05) is 6.92 Å². The van der Waals surface area contributed by atoms with Crippen molar-refractivity contribution < 1.29 is 14.1 Å². The number of non-ortho nitro benzene ring substituents is 1. The number of nitrogens with zero attached hydrogens (tertiary/aromatic N) is 1. The van der Waals surface area contributed by atoms with E-state index in [0.717, 1.165) is 12.1 Å². The molecular weight excluding hydrogens is 251 g/mol. The van der Waals surface area contributed by atoms with Gasteiger partial charge in [0.2, 0.25) is 0 Å². The molecule has 0 aliphatic heterocycles. The molecule has 5 nitrogen and oxygen atoms in total. The maximum atomic E-state index is 13.9. The number of nitro groups is 1. The Hall–Kier alpha value is -1.98. The predicted octanol–water partition coefficient (Wildman–Crippen LogP) is 2.96. The van der Waals surface area contributed by atoms with E-state index in [2.05, 4.69) is 5.32 Å². The number of rotatable bonds is 4. The van der Waals surface area contributed by atoms with Crippen LogP contribution in [0.2, 0.25) is 0 Å². The van der Waals surface area contributed by atoms with Gasteiger partial charge in [-0.2, -0.15) is 0 Å². The molecule has 19 heavy (non-hydrogen) atoms. The first-order valence-corrected chi connectivity index (χ1v) is 5.95. The first-order valence-electron chi connectivity index (χ1n) is 5.95. The Morgan fingerprint density at radius 2 is 2.05 bits per heavy atom. The number of benzene rings is 1. The molecule has 1 N–H and O–H groups in total. The highest BCUT2D eigenvalue weighted by Crippen LogP contribution is 2.21. The van der Waals surface area contributed by atoms with E-state index in [-0.39, 0.29) is 16.8 Å². The summed E-state index contributed by atoms with van der Waals surface area (Å²) in [7, 11) is 0. The first kappa shape index (κ1) is 15.1. The third kappa shape index (κ3) is 3.49. The number of hydrogen-bond acceptors (Lipinski definition) is 3. The lowest BCUT2D eigenvalue weighted by Gasteiger charge is -2.24. The van der Waals surface area contributed by atoms with Crippen LogP contribution in [-0.4, -0.2) is 16.4 Å². The van der Waals surface area contributed by atoms with E-state index < -0.39 is 22.2 Å². The largest absolute Gasteiger partial charge is 0.347 e. The van der Waals surface area contributed by atoms with Crippen molar-refractivity contribution >= 4 is 11.6 Å². The smallest absolute Gasteiger partial charge is 0.270 e. The van der Waals surface area contributed by atoms with Crippen molar-refractivity contribution in [3.05, 3.63) is 39.2 Å². The average Bonchev–Trinajstić information content (AvgIpc) is 2.31. The number of hydrogen-bond donors (Lipinski definition) is 1. The second kappa shape index (κ2) is 5.34. The summed E-state index contributed by atoms with van der Waals surface area (Å²) in [4.78, 5) is 22.1.